The van der Waals surface area contributed by atoms with Gasteiger partial charge in [-0.05, 0) is 42.1 Å². The Bertz CT molecular complexity index is 624. The fourth-order valence-electron chi connectivity index (χ4n) is 3.04. The van der Waals surface area contributed by atoms with E-state index >= 15 is 0 Å². The molecule has 0 unspecified atom stereocenters. The minimum absolute atomic E-state index is 0.206. The molecule has 2 N–H and O–H groups in total. The Morgan fingerprint density at radius 2 is 1.90 bits per heavy atom. The Labute approximate surface area is 125 Å². The zero-order valence-electron chi connectivity index (χ0n) is 12.2. The van der Waals surface area contributed by atoms with Crippen molar-refractivity contribution >= 4 is 0 Å². The van der Waals surface area contributed by atoms with Crippen molar-refractivity contribution in [2.45, 2.75) is 32.5 Å². The molecule has 0 atom stereocenters. The van der Waals surface area contributed by atoms with Gasteiger partial charge in [0, 0.05) is 25.2 Å². The number of halogens is 1. The normalized spacial score (nSPS) is 15.5. The first kappa shape index (κ1) is 14.2. The van der Waals surface area contributed by atoms with Crippen LogP contribution in [0.25, 0.3) is 0 Å². The minimum Gasteiger partial charge on any atom is -0.326 e. The van der Waals surface area contributed by atoms with Crippen LogP contribution in [-0.4, -0.2) is 11.4 Å². The summed E-state index contributed by atoms with van der Waals surface area (Å²) in [4.78, 5) is 2.43. The lowest BCUT2D eigenvalue weighted by atomic mass is 10.0. The molecule has 0 spiro atoms. The molecule has 0 amide bonds. The highest BCUT2D eigenvalue weighted by Crippen LogP contribution is 2.20. The van der Waals surface area contributed by atoms with E-state index in [0.29, 0.717) is 5.56 Å². The molecule has 2 nitrogen and oxygen atoms in total. The summed E-state index contributed by atoms with van der Waals surface area (Å²) >= 11 is 0. The molecule has 0 aliphatic carbocycles. The largest absolute Gasteiger partial charge is 0.326 e. The Hall–Kier alpha value is -1.71. The average molecular weight is 284 g/mol. The highest BCUT2D eigenvalue weighted by atomic mass is 19.1. The molecule has 3 rings (SSSR count). The number of nitrogens with two attached hydrogens (primary N) is 1. The second kappa shape index (κ2) is 6.37. The van der Waals surface area contributed by atoms with Gasteiger partial charge in [-0.15, -0.1) is 0 Å². The molecule has 1 heterocycles. The highest BCUT2D eigenvalue weighted by Gasteiger charge is 2.14. The van der Waals surface area contributed by atoms with Gasteiger partial charge in [0.2, 0.25) is 0 Å². The van der Waals surface area contributed by atoms with Gasteiger partial charge >= 0.3 is 0 Å². The first-order chi connectivity index (χ1) is 10.3. The molecule has 0 fully saturated rings. The van der Waals surface area contributed by atoms with E-state index in [0.717, 1.165) is 31.6 Å². The maximum Gasteiger partial charge on any atom is 0.127 e. The summed E-state index contributed by atoms with van der Waals surface area (Å²) < 4.78 is 13.5. The van der Waals surface area contributed by atoms with Crippen molar-refractivity contribution in [2.24, 2.45) is 5.73 Å². The first-order valence-corrected chi connectivity index (χ1v) is 7.53. The van der Waals surface area contributed by atoms with Gasteiger partial charge in [0.1, 0.15) is 5.82 Å². The fraction of sp³-hybridized carbons (Fsp3) is 0.333. The quantitative estimate of drug-likeness (QED) is 0.937. The number of hydrogen-bond donors (Lipinski definition) is 1. The molecular formula is C18H21FN2. The Morgan fingerprint density at radius 3 is 2.71 bits per heavy atom. The molecule has 0 radical (unpaired) electrons. The standard InChI is InChI=1S/C18H21FN2/c19-18-8-7-14(10-17(18)11-20)12-21-9-3-6-15-4-1-2-5-16(15)13-21/h1-2,4-5,7-8,10H,3,6,9,11-13,20H2. The van der Waals surface area contributed by atoms with Crippen LogP contribution in [0.4, 0.5) is 4.39 Å². The lowest BCUT2D eigenvalue weighted by Crippen LogP contribution is -2.23. The van der Waals surface area contributed by atoms with E-state index < -0.39 is 0 Å². The predicted molar refractivity (Wildman–Crippen MR) is 83.2 cm³/mol. The van der Waals surface area contributed by atoms with Gasteiger partial charge in [0.25, 0.3) is 0 Å². The summed E-state index contributed by atoms with van der Waals surface area (Å²) in [6.07, 6.45) is 2.31. The molecule has 2 aromatic rings. The van der Waals surface area contributed by atoms with Crippen molar-refractivity contribution < 1.29 is 4.39 Å². The van der Waals surface area contributed by atoms with E-state index in [1.54, 1.807) is 0 Å². The molecule has 3 heteroatoms. The molecule has 0 aromatic heterocycles. The van der Waals surface area contributed by atoms with Crippen LogP contribution in [0.15, 0.2) is 42.5 Å². The Balaban J connectivity index is 1.76. The third-order valence-electron chi connectivity index (χ3n) is 4.17. The number of aryl methyl sites for hydroxylation is 1. The van der Waals surface area contributed by atoms with Gasteiger partial charge in [-0.1, -0.05) is 36.4 Å². The maximum absolute atomic E-state index is 13.5. The lowest BCUT2D eigenvalue weighted by Gasteiger charge is -2.21. The van der Waals surface area contributed by atoms with Crippen LogP contribution in [0.3, 0.4) is 0 Å². The average Bonchev–Trinajstić information content (AvgIpc) is 2.70. The van der Waals surface area contributed by atoms with E-state index in [-0.39, 0.29) is 12.4 Å². The van der Waals surface area contributed by atoms with Crippen molar-refractivity contribution in [3.05, 3.63) is 70.5 Å². The van der Waals surface area contributed by atoms with E-state index in [4.69, 9.17) is 5.73 Å². The molecule has 0 saturated heterocycles. The van der Waals surface area contributed by atoms with Crippen molar-refractivity contribution in [2.75, 3.05) is 6.54 Å². The third-order valence-corrected chi connectivity index (χ3v) is 4.17. The summed E-state index contributed by atoms with van der Waals surface area (Å²) in [6, 6.07) is 13.9. The summed E-state index contributed by atoms with van der Waals surface area (Å²) in [6.45, 7) is 3.14. The molecule has 0 bridgehead atoms. The first-order valence-electron chi connectivity index (χ1n) is 7.53. The monoisotopic (exact) mass is 284 g/mol. The van der Waals surface area contributed by atoms with Crippen LogP contribution in [0.1, 0.15) is 28.7 Å². The SMILES string of the molecule is NCc1cc(CN2CCCc3ccccc3C2)ccc1F. The Morgan fingerprint density at radius 1 is 1.10 bits per heavy atom. The Kier molecular flexibility index (Phi) is 4.32. The number of rotatable bonds is 3. The van der Waals surface area contributed by atoms with Crippen LogP contribution >= 0.6 is 0 Å². The van der Waals surface area contributed by atoms with E-state index in [9.17, 15) is 4.39 Å². The van der Waals surface area contributed by atoms with Crippen molar-refractivity contribution in [3.8, 4) is 0 Å². The molecule has 1 aliphatic heterocycles. The van der Waals surface area contributed by atoms with Gasteiger partial charge in [0.05, 0.1) is 0 Å². The molecule has 0 saturated carbocycles. The summed E-state index contributed by atoms with van der Waals surface area (Å²) in [7, 11) is 0. The van der Waals surface area contributed by atoms with Crippen molar-refractivity contribution in [1.82, 2.24) is 4.90 Å². The van der Waals surface area contributed by atoms with Crippen LogP contribution in [0.5, 0.6) is 0 Å². The highest BCUT2D eigenvalue weighted by molar-refractivity contribution is 5.29. The number of benzene rings is 2. The van der Waals surface area contributed by atoms with E-state index in [1.165, 1.54) is 23.6 Å². The lowest BCUT2D eigenvalue weighted by molar-refractivity contribution is 0.261. The molecule has 110 valence electrons. The summed E-state index contributed by atoms with van der Waals surface area (Å²) in [5, 5.41) is 0. The zero-order chi connectivity index (χ0) is 14.7. The van der Waals surface area contributed by atoms with Gasteiger partial charge < -0.3 is 5.73 Å². The smallest absolute Gasteiger partial charge is 0.127 e. The summed E-state index contributed by atoms with van der Waals surface area (Å²) in [5.74, 6) is -0.206. The second-order valence-corrected chi connectivity index (χ2v) is 5.71. The molecule has 21 heavy (non-hydrogen) atoms. The minimum atomic E-state index is -0.206. The van der Waals surface area contributed by atoms with E-state index in [2.05, 4.69) is 29.2 Å². The predicted octanol–water partition coefficient (Wildman–Crippen LogP) is 3.23. The van der Waals surface area contributed by atoms with Crippen molar-refractivity contribution in [3.63, 3.8) is 0 Å². The van der Waals surface area contributed by atoms with Gasteiger partial charge in [-0.3, -0.25) is 4.90 Å². The number of fused-ring (bicyclic) bond motifs is 1. The van der Waals surface area contributed by atoms with Crippen LogP contribution in [0, 0.1) is 5.82 Å². The van der Waals surface area contributed by atoms with Gasteiger partial charge in [-0.25, -0.2) is 4.39 Å². The van der Waals surface area contributed by atoms with Gasteiger partial charge in [0.15, 0.2) is 0 Å². The molecular weight excluding hydrogens is 263 g/mol. The maximum atomic E-state index is 13.5. The number of nitrogens with zero attached hydrogens (tertiary/aromatic N) is 1. The van der Waals surface area contributed by atoms with Crippen LogP contribution in [-0.2, 0) is 26.1 Å². The molecule has 2 aromatic carbocycles. The van der Waals surface area contributed by atoms with E-state index in [1.807, 2.05) is 12.1 Å². The summed E-state index contributed by atoms with van der Waals surface area (Å²) in [5.41, 5.74) is 10.2. The van der Waals surface area contributed by atoms with Crippen LogP contribution < -0.4 is 5.73 Å². The second-order valence-electron chi connectivity index (χ2n) is 5.71. The third kappa shape index (κ3) is 3.31. The van der Waals surface area contributed by atoms with Crippen LogP contribution in [0.2, 0.25) is 0 Å². The fourth-order valence-corrected chi connectivity index (χ4v) is 3.04. The van der Waals surface area contributed by atoms with Gasteiger partial charge in [-0.2, -0.15) is 0 Å². The molecule has 1 aliphatic rings. The zero-order valence-corrected chi connectivity index (χ0v) is 12.2. The number of hydrogen-bond acceptors (Lipinski definition) is 2. The van der Waals surface area contributed by atoms with Crippen molar-refractivity contribution in [1.29, 1.82) is 0 Å². The topological polar surface area (TPSA) is 29.3 Å².